The van der Waals surface area contributed by atoms with Crippen molar-refractivity contribution in [3.05, 3.63) is 33.8 Å². The number of hydrogen-bond acceptors (Lipinski definition) is 1. The van der Waals surface area contributed by atoms with Gasteiger partial charge in [0.15, 0.2) is 0 Å². The molecule has 1 nitrogen and oxygen atoms in total. The minimum absolute atomic E-state index is 0.488. The monoisotopic (exact) mass is 325 g/mol. The van der Waals surface area contributed by atoms with E-state index in [0.29, 0.717) is 6.04 Å². The van der Waals surface area contributed by atoms with E-state index in [-0.39, 0.29) is 0 Å². The predicted octanol–water partition coefficient (Wildman–Crippen LogP) is 5.62. The first-order chi connectivity index (χ1) is 9.12. The SMILES string of the molecule is CCCNC(CC(CC)CC)c1cc(Br)ccc1C. The first-order valence-corrected chi connectivity index (χ1v) is 8.41. The van der Waals surface area contributed by atoms with Crippen LogP contribution < -0.4 is 5.32 Å². The molecule has 1 N–H and O–H groups in total. The van der Waals surface area contributed by atoms with Crippen LogP contribution in [0.3, 0.4) is 0 Å². The molecule has 1 atom stereocenters. The van der Waals surface area contributed by atoms with Crippen molar-refractivity contribution >= 4 is 15.9 Å². The Morgan fingerprint density at radius 1 is 1.16 bits per heavy atom. The van der Waals surface area contributed by atoms with Gasteiger partial charge in [0.05, 0.1) is 0 Å². The molecule has 0 amide bonds. The van der Waals surface area contributed by atoms with Gasteiger partial charge >= 0.3 is 0 Å². The maximum atomic E-state index is 3.73. The smallest absolute Gasteiger partial charge is 0.0325 e. The fourth-order valence-corrected chi connectivity index (χ4v) is 2.96. The van der Waals surface area contributed by atoms with Gasteiger partial charge in [0, 0.05) is 10.5 Å². The third kappa shape index (κ3) is 5.27. The van der Waals surface area contributed by atoms with Gasteiger partial charge in [-0.2, -0.15) is 0 Å². The average Bonchev–Trinajstić information content (AvgIpc) is 2.42. The molecule has 0 aliphatic rings. The highest BCUT2D eigenvalue weighted by atomic mass is 79.9. The maximum Gasteiger partial charge on any atom is 0.0325 e. The standard InChI is InChI=1S/C17H28BrN/c1-5-10-19-17(11-14(6-2)7-3)16-12-15(18)9-8-13(16)4/h8-9,12,14,17,19H,5-7,10-11H2,1-4H3. The first kappa shape index (κ1) is 16.7. The number of aryl methyl sites for hydroxylation is 1. The highest BCUT2D eigenvalue weighted by molar-refractivity contribution is 9.10. The molecule has 0 bridgehead atoms. The largest absolute Gasteiger partial charge is 0.310 e. The van der Waals surface area contributed by atoms with Gasteiger partial charge in [0.2, 0.25) is 0 Å². The maximum absolute atomic E-state index is 3.73. The van der Waals surface area contributed by atoms with Gasteiger partial charge in [-0.3, -0.25) is 0 Å². The van der Waals surface area contributed by atoms with Crippen molar-refractivity contribution in [1.29, 1.82) is 0 Å². The Bertz CT molecular complexity index is 372. The number of benzene rings is 1. The van der Waals surface area contributed by atoms with Gasteiger partial charge in [0.1, 0.15) is 0 Å². The molecule has 0 fully saturated rings. The Morgan fingerprint density at radius 2 is 1.84 bits per heavy atom. The quantitative estimate of drug-likeness (QED) is 0.653. The summed E-state index contributed by atoms with van der Waals surface area (Å²) in [5, 5.41) is 3.73. The summed E-state index contributed by atoms with van der Waals surface area (Å²) in [5.41, 5.74) is 2.84. The Kier molecular flexibility index (Phi) is 7.70. The van der Waals surface area contributed by atoms with Crippen LogP contribution in [-0.4, -0.2) is 6.54 Å². The van der Waals surface area contributed by atoms with Crippen molar-refractivity contribution in [2.24, 2.45) is 5.92 Å². The lowest BCUT2D eigenvalue weighted by molar-refractivity contribution is 0.370. The van der Waals surface area contributed by atoms with Crippen molar-refractivity contribution in [2.45, 2.75) is 59.4 Å². The minimum Gasteiger partial charge on any atom is -0.310 e. The molecule has 0 aliphatic heterocycles. The summed E-state index contributed by atoms with van der Waals surface area (Å²) in [6.45, 7) is 10.2. The summed E-state index contributed by atoms with van der Waals surface area (Å²) in [7, 11) is 0. The normalized spacial score (nSPS) is 12.9. The fourth-order valence-electron chi connectivity index (χ4n) is 2.58. The Hall–Kier alpha value is -0.340. The van der Waals surface area contributed by atoms with Crippen LogP contribution in [0.5, 0.6) is 0 Å². The van der Waals surface area contributed by atoms with Crippen LogP contribution in [-0.2, 0) is 0 Å². The summed E-state index contributed by atoms with van der Waals surface area (Å²) in [6.07, 6.45) is 4.97. The van der Waals surface area contributed by atoms with Crippen LogP contribution in [0.25, 0.3) is 0 Å². The Labute approximate surface area is 127 Å². The molecule has 108 valence electrons. The minimum atomic E-state index is 0.488. The van der Waals surface area contributed by atoms with Crippen molar-refractivity contribution in [3.63, 3.8) is 0 Å². The highest BCUT2D eigenvalue weighted by Crippen LogP contribution is 2.29. The number of nitrogens with one attached hydrogen (secondary N) is 1. The second-order valence-electron chi connectivity index (χ2n) is 5.43. The van der Waals surface area contributed by atoms with E-state index in [1.54, 1.807) is 0 Å². The van der Waals surface area contributed by atoms with Crippen LogP contribution in [0.2, 0.25) is 0 Å². The van der Waals surface area contributed by atoms with Crippen LogP contribution in [0, 0.1) is 12.8 Å². The molecule has 0 heterocycles. The molecule has 0 saturated carbocycles. The van der Waals surface area contributed by atoms with Gasteiger partial charge in [-0.05, 0) is 55.5 Å². The average molecular weight is 326 g/mol. The van der Waals surface area contributed by atoms with E-state index in [0.717, 1.165) is 12.5 Å². The Balaban J connectivity index is 2.91. The van der Waals surface area contributed by atoms with E-state index in [1.165, 1.54) is 41.3 Å². The molecule has 0 spiro atoms. The van der Waals surface area contributed by atoms with Crippen molar-refractivity contribution in [3.8, 4) is 0 Å². The molecular formula is C17H28BrN. The van der Waals surface area contributed by atoms with E-state index < -0.39 is 0 Å². The fraction of sp³-hybridized carbons (Fsp3) is 0.647. The summed E-state index contributed by atoms with van der Waals surface area (Å²) in [4.78, 5) is 0. The third-order valence-electron chi connectivity index (χ3n) is 3.98. The zero-order valence-corrected chi connectivity index (χ0v) is 14.4. The molecule has 0 aromatic heterocycles. The second kappa shape index (κ2) is 8.76. The van der Waals surface area contributed by atoms with E-state index in [4.69, 9.17) is 0 Å². The lowest BCUT2D eigenvalue weighted by Crippen LogP contribution is -2.25. The van der Waals surface area contributed by atoms with Gasteiger partial charge in [-0.25, -0.2) is 0 Å². The molecule has 1 aromatic carbocycles. The van der Waals surface area contributed by atoms with Crippen LogP contribution in [0.15, 0.2) is 22.7 Å². The lowest BCUT2D eigenvalue weighted by atomic mass is 9.89. The molecule has 0 saturated heterocycles. The number of halogens is 1. The van der Waals surface area contributed by atoms with E-state index in [9.17, 15) is 0 Å². The van der Waals surface area contributed by atoms with Crippen molar-refractivity contribution in [1.82, 2.24) is 5.32 Å². The summed E-state index contributed by atoms with van der Waals surface area (Å²) in [5.74, 6) is 0.813. The lowest BCUT2D eigenvalue weighted by Gasteiger charge is -2.25. The summed E-state index contributed by atoms with van der Waals surface area (Å²) >= 11 is 3.61. The highest BCUT2D eigenvalue weighted by Gasteiger charge is 2.17. The summed E-state index contributed by atoms with van der Waals surface area (Å²) < 4.78 is 1.18. The topological polar surface area (TPSA) is 12.0 Å². The van der Waals surface area contributed by atoms with Crippen LogP contribution >= 0.6 is 15.9 Å². The third-order valence-corrected chi connectivity index (χ3v) is 4.47. The first-order valence-electron chi connectivity index (χ1n) is 7.61. The zero-order chi connectivity index (χ0) is 14.3. The molecular weight excluding hydrogens is 298 g/mol. The summed E-state index contributed by atoms with van der Waals surface area (Å²) in [6, 6.07) is 7.12. The Morgan fingerprint density at radius 3 is 2.42 bits per heavy atom. The molecule has 19 heavy (non-hydrogen) atoms. The van der Waals surface area contributed by atoms with E-state index in [1.807, 2.05) is 0 Å². The molecule has 0 radical (unpaired) electrons. The predicted molar refractivity (Wildman–Crippen MR) is 88.6 cm³/mol. The van der Waals surface area contributed by atoms with Gasteiger partial charge in [-0.1, -0.05) is 55.6 Å². The van der Waals surface area contributed by atoms with Crippen molar-refractivity contribution < 1.29 is 0 Å². The number of rotatable bonds is 8. The van der Waals surface area contributed by atoms with Gasteiger partial charge in [0.25, 0.3) is 0 Å². The van der Waals surface area contributed by atoms with Gasteiger partial charge < -0.3 is 5.32 Å². The second-order valence-corrected chi connectivity index (χ2v) is 6.34. The molecule has 2 heteroatoms. The van der Waals surface area contributed by atoms with E-state index in [2.05, 4.69) is 67.1 Å². The van der Waals surface area contributed by atoms with Crippen LogP contribution in [0.4, 0.5) is 0 Å². The van der Waals surface area contributed by atoms with Gasteiger partial charge in [-0.15, -0.1) is 0 Å². The van der Waals surface area contributed by atoms with Crippen LogP contribution in [0.1, 0.15) is 63.6 Å². The molecule has 1 unspecified atom stereocenters. The zero-order valence-electron chi connectivity index (χ0n) is 12.8. The van der Waals surface area contributed by atoms with Crippen molar-refractivity contribution in [2.75, 3.05) is 6.54 Å². The number of hydrogen-bond donors (Lipinski definition) is 1. The molecule has 1 rings (SSSR count). The molecule has 1 aromatic rings. The molecule has 0 aliphatic carbocycles. The van der Waals surface area contributed by atoms with E-state index >= 15 is 0 Å².